The minimum atomic E-state index is -0.374. The summed E-state index contributed by atoms with van der Waals surface area (Å²) < 4.78 is 24.1. The maximum atomic E-state index is 13.5. The monoisotopic (exact) mass is 344 g/mol. The second kappa shape index (κ2) is 8.48. The minimum Gasteiger partial charge on any atom is -0.489 e. The maximum Gasteiger partial charge on any atom is 0.254 e. The molecule has 0 aromatic heterocycles. The van der Waals surface area contributed by atoms with E-state index in [0.717, 1.165) is 5.69 Å². The fourth-order valence-electron chi connectivity index (χ4n) is 2.63. The number of ether oxygens (including phenoxy) is 2. The fraction of sp³-hybridized carbons (Fsp3) is 0.316. The van der Waals surface area contributed by atoms with Gasteiger partial charge in [-0.3, -0.25) is 4.79 Å². The summed E-state index contributed by atoms with van der Waals surface area (Å²) in [5, 5.41) is 3.19. The summed E-state index contributed by atoms with van der Waals surface area (Å²) in [4.78, 5) is 14.3. The van der Waals surface area contributed by atoms with Crippen LogP contribution in [0.5, 0.6) is 5.75 Å². The highest BCUT2D eigenvalue weighted by Gasteiger charge is 2.18. The van der Waals surface area contributed by atoms with Crippen LogP contribution in [0.3, 0.4) is 0 Å². The number of rotatable bonds is 6. The van der Waals surface area contributed by atoms with Gasteiger partial charge in [-0.2, -0.15) is 0 Å². The van der Waals surface area contributed by atoms with Gasteiger partial charge in [0.05, 0.1) is 13.2 Å². The lowest BCUT2D eigenvalue weighted by atomic mass is 10.1. The topological polar surface area (TPSA) is 50.8 Å². The molecule has 1 fully saturated rings. The molecule has 5 nitrogen and oxygen atoms in total. The summed E-state index contributed by atoms with van der Waals surface area (Å²) in [6.45, 7) is 3.22. The van der Waals surface area contributed by atoms with Crippen molar-refractivity contribution in [1.29, 1.82) is 0 Å². The predicted molar refractivity (Wildman–Crippen MR) is 93.5 cm³/mol. The number of morpholine rings is 1. The molecule has 0 bridgehead atoms. The number of halogens is 1. The lowest BCUT2D eigenvalue weighted by Gasteiger charge is -2.27. The minimum absolute atomic E-state index is 0.00885. The van der Waals surface area contributed by atoms with Crippen molar-refractivity contribution >= 4 is 11.6 Å². The molecule has 3 rings (SSSR count). The van der Waals surface area contributed by atoms with Crippen molar-refractivity contribution in [2.24, 2.45) is 0 Å². The highest BCUT2D eigenvalue weighted by Crippen LogP contribution is 2.16. The SMILES string of the molecule is O=C(c1cccc(NCCOc2ccccc2F)c1)N1CCOCC1. The van der Waals surface area contributed by atoms with Crippen LogP contribution >= 0.6 is 0 Å². The molecular weight excluding hydrogens is 323 g/mol. The number of hydrogen-bond acceptors (Lipinski definition) is 4. The standard InChI is InChI=1S/C19H21FN2O3/c20-17-6-1-2-7-18(17)25-11-8-21-16-5-3-4-15(14-16)19(23)22-9-12-24-13-10-22/h1-7,14,21H,8-13H2. The average Bonchev–Trinajstić information content (AvgIpc) is 2.67. The van der Waals surface area contributed by atoms with Crippen molar-refractivity contribution in [3.05, 3.63) is 59.9 Å². The van der Waals surface area contributed by atoms with Crippen LogP contribution in [0, 0.1) is 5.82 Å². The molecule has 1 saturated heterocycles. The van der Waals surface area contributed by atoms with Gasteiger partial charge in [0.15, 0.2) is 11.6 Å². The number of carbonyl (C=O) groups is 1. The number of benzene rings is 2. The van der Waals surface area contributed by atoms with Crippen LogP contribution in [-0.4, -0.2) is 50.3 Å². The van der Waals surface area contributed by atoms with Crippen molar-refractivity contribution in [1.82, 2.24) is 4.90 Å². The molecule has 0 unspecified atom stereocenters. The Labute approximate surface area is 146 Å². The summed E-state index contributed by atoms with van der Waals surface area (Å²) >= 11 is 0. The van der Waals surface area contributed by atoms with E-state index in [0.29, 0.717) is 45.0 Å². The molecule has 0 spiro atoms. The van der Waals surface area contributed by atoms with Crippen LogP contribution < -0.4 is 10.1 Å². The second-order valence-corrected chi connectivity index (χ2v) is 5.69. The number of amides is 1. The van der Waals surface area contributed by atoms with E-state index in [1.54, 1.807) is 29.2 Å². The predicted octanol–water partition coefficient (Wildman–Crippen LogP) is 2.79. The third kappa shape index (κ3) is 4.70. The lowest BCUT2D eigenvalue weighted by molar-refractivity contribution is 0.0303. The Bertz CT molecular complexity index is 717. The molecule has 1 aliphatic rings. The van der Waals surface area contributed by atoms with Crippen molar-refractivity contribution in [3.63, 3.8) is 0 Å². The second-order valence-electron chi connectivity index (χ2n) is 5.69. The van der Waals surface area contributed by atoms with Crippen molar-refractivity contribution in [2.75, 3.05) is 44.8 Å². The van der Waals surface area contributed by atoms with Crippen LogP contribution in [0.25, 0.3) is 0 Å². The summed E-state index contributed by atoms with van der Waals surface area (Å²) in [5.74, 6) is -0.129. The van der Waals surface area contributed by atoms with Gasteiger partial charge in [-0.25, -0.2) is 4.39 Å². The van der Waals surface area contributed by atoms with E-state index in [-0.39, 0.29) is 17.5 Å². The Hall–Kier alpha value is -2.60. The van der Waals surface area contributed by atoms with E-state index in [1.807, 2.05) is 18.2 Å². The number of nitrogens with one attached hydrogen (secondary N) is 1. The Kier molecular flexibility index (Phi) is 5.85. The lowest BCUT2D eigenvalue weighted by Crippen LogP contribution is -2.40. The Morgan fingerprint density at radius 3 is 2.76 bits per heavy atom. The third-order valence-electron chi connectivity index (χ3n) is 3.93. The first-order valence-electron chi connectivity index (χ1n) is 8.32. The van der Waals surface area contributed by atoms with Crippen LogP contribution in [0.1, 0.15) is 10.4 Å². The van der Waals surface area contributed by atoms with Crippen molar-refractivity contribution < 1.29 is 18.7 Å². The first-order valence-corrected chi connectivity index (χ1v) is 8.32. The highest BCUT2D eigenvalue weighted by molar-refractivity contribution is 5.95. The molecule has 0 radical (unpaired) electrons. The molecule has 0 aliphatic carbocycles. The molecule has 1 N–H and O–H groups in total. The molecule has 25 heavy (non-hydrogen) atoms. The summed E-state index contributed by atoms with van der Waals surface area (Å²) in [6.07, 6.45) is 0. The van der Waals surface area contributed by atoms with Crippen LogP contribution in [0.15, 0.2) is 48.5 Å². The van der Waals surface area contributed by atoms with Crippen molar-refractivity contribution in [3.8, 4) is 5.75 Å². The van der Waals surface area contributed by atoms with E-state index >= 15 is 0 Å². The van der Waals surface area contributed by atoms with E-state index in [9.17, 15) is 9.18 Å². The van der Waals surface area contributed by atoms with Gasteiger partial charge >= 0.3 is 0 Å². The van der Waals surface area contributed by atoms with Gasteiger partial charge in [-0.1, -0.05) is 18.2 Å². The van der Waals surface area contributed by atoms with E-state index in [4.69, 9.17) is 9.47 Å². The van der Waals surface area contributed by atoms with E-state index in [2.05, 4.69) is 5.32 Å². The van der Waals surface area contributed by atoms with Crippen LogP contribution in [-0.2, 0) is 4.74 Å². The zero-order chi connectivity index (χ0) is 17.5. The molecule has 1 heterocycles. The number of nitrogens with zero attached hydrogens (tertiary/aromatic N) is 1. The number of anilines is 1. The zero-order valence-corrected chi connectivity index (χ0v) is 13.9. The summed E-state index contributed by atoms with van der Waals surface area (Å²) in [7, 11) is 0. The quantitative estimate of drug-likeness (QED) is 0.819. The van der Waals surface area contributed by atoms with E-state index < -0.39 is 0 Å². The van der Waals surface area contributed by atoms with E-state index in [1.165, 1.54) is 6.07 Å². The third-order valence-corrected chi connectivity index (χ3v) is 3.93. The zero-order valence-electron chi connectivity index (χ0n) is 13.9. The number of para-hydroxylation sites is 1. The molecular formula is C19H21FN2O3. The number of hydrogen-bond donors (Lipinski definition) is 1. The number of carbonyl (C=O) groups excluding carboxylic acids is 1. The first-order chi connectivity index (χ1) is 12.2. The molecule has 1 amide bonds. The summed E-state index contributed by atoms with van der Waals surface area (Å²) in [6, 6.07) is 13.7. The van der Waals surface area contributed by atoms with Gasteiger partial charge < -0.3 is 19.7 Å². The smallest absolute Gasteiger partial charge is 0.254 e. The largest absolute Gasteiger partial charge is 0.489 e. The normalized spacial score (nSPS) is 14.2. The fourth-order valence-corrected chi connectivity index (χ4v) is 2.63. The maximum absolute atomic E-state index is 13.5. The highest BCUT2D eigenvalue weighted by atomic mass is 19.1. The molecule has 132 valence electrons. The van der Waals surface area contributed by atoms with Crippen molar-refractivity contribution in [2.45, 2.75) is 0 Å². The van der Waals surface area contributed by atoms with Gasteiger partial charge in [0.2, 0.25) is 0 Å². The molecule has 2 aromatic rings. The molecule has 1 aliphatic heterocycles. The molecule has 6 heteroatoms. The summed E-state index contributed by atoms with van der Waals surface area (Å²) in [5.41, 5.74) is 1.47. The van der Waals surface area contributed by atoms with Gasteiger partial charge in [-0.15, -0.1) is 0 Å². The Morgan fingerprint density at radius 1 is 1.16 bits per heavy atom. The van der Waals surface area contributed by atoms with Gasteiger partial charge in [-0.05, 0) is 30.3 Å². The Balaban J connectivity index is 1.51. The average molecular weight is 344 g/mol. The van der Waals surface area contributed by atoms with Gasteiger partial charge in [0.25, 0.3) is 5.91 Å². The van der Waals surface area contributed by atoms with Gasteiger partial charge in [0, 0.05) is 30.9 Å². The first kappa shape index (κ1) is 17.2. The van der Waals surface area contributed by atoms with Crippen LogP contribution in [0.4, 0.5) is 10.1 Å². The molecule has 0 atom stereocenters. The van der Waals surface area contributed by atoms with Crippen LogP contribution in [0.2, 0.25) is 0 Å². The Morgan fingerprint density at radius 2 is 1.96 bits per heavy atom. The van der Waals surface area contributed by atoms with Gasteiger partial charge in [0.1, 0.15) is 6.61 Å². The molecule has 2 aromatic carbocycles. The molecule has 0 saturated carbocycles.